The highest BCUT2D eigenvalue weighted by molar-refractivity contribution is 7.10. The predicted molar refractivity (Wildman–Crippen MR) is 86.0 cm³/mol. The molecule has 1 fully saturated rings. The third kappa shape index (κ3) is 4.92. The zero-order valence-corrected chi connectivity index (χ0v) is 13.6. The second-order valence-electron chi connectivity index (χ2n) is 7.00. The standard InChI is InChI=1S/C17H29NS/c1-17(2,3)18-13-15(16-11-8-12-19-16)14-9-6-4-5-7-10-14/h8,11-12,14-15,18H,4-7,9-10,13H2,1-3H3. The second kappa shape index (κ2) is 6.90. The summed E-state index contributed by atoms with van der Waals surface area (Å²) in [6.07, 6.45) is 8.60. The van der Waals surface area contributed by atoms with Gasteiger partial charge >= 0.3 is 0 Å². The Morgan fingerprint density at radius 1 is 1.21 bits per heavy atom. The van der Waals surface area contributed by atoms with Crippen LogP contribution < -0.4 is 5.32 Å². The summed E-state index contributed by atoms with van der Waals surface area (Å²) < 4.78 is 0. The van der Waals surface area contributed by atoms with Gasteiger partial charge < -0.3 is 5.32 Å². The van der Waals surface area contributed by atoms with Gasteiger partial charge in [0.1, 0.15) is 0 Å². The van der Waals surface area contributed by atoms with Crippen molar-refractivity contribution in [3.8, 4) is 0 Å². The zero-order chi connectivity index (χ0) is 13.7. The van der Waals surface area contributed by atoms with E-state index in [1.54, 1.807) is 4.88 Å². The van der Waals surface area contributed by atoms with Gasteiger partial charge in [-0.25, -0.2) is 0 Å². The molecule has 1 N–H and O–H groups in total. The van der Waals surface area contributed by atoms with Crippen LogP contribution in [0.4, 0.5) is 0 Å². The van der Waals surface area contributed by atoms with Crippen LogP contribution in [0.5, 0.6) is 0 Å². The molecule has 0 bridgehead atoms. The minimum absolute atomic E-state index is 0.222. The lowest BCUT2D eigenvalue weighted by Gasteiger charge is -2.30. The van der Waals surface area contributed by atoms with Gasteiger partial charge in [-0.3, -0.25) is 0 Å². The average molecular weight is 279 g/mol. The number of hydrogen-bond acceptors (Lipinski definition) is 2. The summed E-state index contributed by atoms with van der Waals surface area (Å²) >= 11 is 1.94. The molecule has 0 amide bonds. The Kier molecular flexibility index (Phi) is 5.47. The lowest BCUT2D eigenvalue weighted by Crippen LogP contribution is -2.39. The molecule has 0 saturated heterocycles. The zero-order valence-electron chi connectivity index (χ0n) is 12.7. The van der Waals surface area contributed by atoms with Gasteiger partial charge in [0.25, 0.3) is 0 Å². The first-order valence-electron chi connectivity index (χ1n) is 7.85. The van der Waals surface area contributed by atoms with Crippen LogP contribution >= 0.6 is 11.3 Å². The van der Waals surface area contributed by atoms with Crippen molar-refractivity contribution in [3.05, 3.63) is 22.4 Å². The Bertz CT molecular complexity index is 342. The molecule has 1 aliphatic rings. The van der Waals surface area contributed by atoms with E-state index in [1.165, 1.54) is 38.5 Å². The summed E-state index contributed by atoms with van der Waals surface area (Å²) in [6, 6.07) is 4.55. The van der Waals surface area contributed by atoms with Gasteiger partial charge in [-0.2, -0.15) is 0 Å². The molecule has 108 valence electrons. The Morgan fingerprint density at radius 3 is 2.42 bits per heavy atom. The Labute approximate surface area is 122 Å². The molecule has 0 aliphatic heterocycles. The van der Waals surface area contributed by atoms with Gasteiger partial charge in [0.15, 0.2) is 0 Å². The third-order valence-electron chi connectivity index (χ3n) is 4.23. The Morgan fingerprint density at radius 2 is 1.89 bits per heavy atom. The predicted octanol–water partition coefficient (Wildman–Crippen LogP) is 5.19. The second-order valence-corrected chi connectivity index (χ2v) is 7.98. The van der Waals surface area contributed by atoms with Crippen molar-refractivity contribution in [2.24, 2.45) is 5.92 Å². The minimum atomic E-state index is 0.222. The molecule has 19 heavy (non-hydrogen) atoms. The maximum Gasteiger partial charge on any atom is 0.00967 e. The van der Waals surface area contributed by atoms with Crippen LogP contribution in [0.25, 0.3) is 0 Å². The molecule has 1 nitrogen and oxygen atoms in total. The van der Waals surface area contributed by atoms with Crippen molar-refractivity contribution >= 4 is 11.3 Å². The van der Waals surface area contributed by atoms with Crippen LogP contribution in [0.1, 0.15) is 70.1 Å². The fourth-order valence-electron chi connectivity index (χ4n) is 3.13. The highest BCUT2D eigenvalue weighted by Gasteiger charge is 2.26. The van der Waals surface area contributed by atoms with E-state index in [0.717, 1.165) is 18.4 Å². The van der Waals surface area contributed by atoms with Crippen molar-refractivity contribution in [1.29, 1.82) is 0 Å². The maximum absolute atomic E-state index is 3.73. The molecular formula is C17H29NS. The van der Waals surface area contributed by atoms with Gasteiger partial charge in [0.05, 0.1) is 0 Å². The van der Waals surface area contributed by atoms with Gasteiger partial charge in [-0.05, 0) is 51.0 Å². The summed E-state index contributed by atoms with van der Waals surface area (Å²) in [7, 11) is 0. The number of hydrogen-bond donors (Lipinski definition) is 1. The summed E-state index contributed by atoms with van der Waals surface area (Å²) in [6.45, 7) is 7.94. The lowest BCUT2D eigenvalue weighted by molar-refractivity contribution is 0.327. The average Bonchev–Trinajstić information content (AvgIpc) is 2.72. The molecular weight excluding hydrogens is 250 g/mol. The fraction of sp³-hybridized carbons (Fsp3) is 0.765. The topological polar surface area (TPSA) is 12.0 Å². The summed E-state index contributed by atoms with van der Waals surface area (Å²) in [4.78, 5) is 1.59. The van der Waals surface area contributed by atoms with Crippen molar-refractivity contribution in [3.63, 3.8) is 0 Å². The van der Waals surface area contributed by atoms with Gasteiger partial charge in [-0.1, -0.05) is 31.7 Å². The van der Waals surface area contributed by atoms with Crippen molar-refractivity contribution in [2.75, 3.05) is 6.54 Å². The largest absolute Gasteiger partial charge is 0.311 e. The fourth-order valence-corrected chi connectivity index (χ4v) is 4.05. The highest BCUT2D eigenvalue weighted by Crippen LogP contribution is 2.36. The summed E-state index contributed by atoms with van der Waals surface area (Å²) in [5, 5.41) is 5.97. The van der Waals surface area contributed by atoms with Crippen LogP contribution in [-0.4, -0.2) is 12.1 Å². The van der Waals surface area contributed by atoms with E-state index in [1.807, 2.05) is 11.3 Å². The van der Waals surface area contributed by atoms with Crippen LogP contribution in [0.15, 0.2) is 17.5 Å². The molecule has 1 aromatic heterocycles. The van der Waals surface area contributed by atoms with Crippen LogP contribution in [0.2, 0.25) is 0 Å². The molecule has 0 aromatic carbocycles. The van der Waals surface area contributed by atoms with E-state index in [9.17, 15) is 0 Å². The normalized spacial score (nSPS) is 20.2. The monoisotopic (exact) mass is 279 g/mol. The molecule has 1 aromatic rings. The summed E-state index contributed by atoms with van der Waals surface area (Å²) in [5.74, 6) is 1.60. The van der Waals surface area contributed by atoms with Crippen molar-refractivity contribution in [1.82, 2.24) is 5.32 Å². The first kappa shape index (κ1) is 15.1. The van der Waals surface area contributed by atoms with Crippen LogP contribution in [-0.2, 0) is 0 Å². The first-order valence-corrected chi connectivity index (χ1v) is 8.73. The Balaban J connectivity index is 2.05. The Hall–Kier alpha value is -0.340. The molecule has 1 atom stereocenters. The van der Waals surface area contributed by atoms with Gasteiger partial charge in [-0.15, -0.1) is 11.3 Å². The van der Waals surface area contributed by atoms with E-state index in [4.69, 9.17) is 0 Å². The summed E-state index contributed by atoms with van der Waals surface area (Å²) in [5.41, 5.74) is 0.222. The van der Waals surface area contributed by atoms with Gasteiger partial charge in [0.2, 0.25) is 0 Å². The van der Waals surface area contributed by atoms with Crippen molar-refractivity contribution < 1.29 is 0 Å². The number of rotatable bonds is 4. The van der Waals surface area contributed by atoms with Gasteiger partial charge in [0, 0.05) is 22.9 Å². The molecule has 0 radical (unpaired) electrons. The highest BCUT2D eigenvalue weighted by atomic mass is 32.1. The molecule has 1 saturated carbocycles. The van der Waals surface area contributed by atoms with E-state index in [2.05, 4.69) is 43.6 Å². The molecule has 0 spiro atoms. The van der Waals surface area contributed by atoms with Crippen molar-refractivity contribution in [2.45, 2.75) is 70.8 Å². The molecule has 1 aliphatic carbocycles. The smallest absolute Gasteiger partial charge is 0.00967 e. The minimum Gasteiger partial charge on any atom is -0.311 e. The quantitative estimate of drug-likeness (QED) is 0.748. The SMILES string of the molecule is CC(C)(C)NCC(c1cccs1)C1CCCCCC1. The lowest BCUT2D eigenvalue weighted by atomic mass is 9.84. The number of nitrogens with one attached hydrogen (secondary N) is 1. The van der Waals surface area contributed by atoms with Crippen LogP contribution in [0.3, 0.4) is 0 Å². The van der Waals surface area contributed by atoms with Crippen LogP contribution in [0, 0.1) is 5.92 Å². The number of thiophene rings is 1. The molecule has 1 heterocycles. The van der Waals surface area contributed by atoms with E-state index >= 15 is 0 Å². The van der Waals surface area contributed by atoms with E-state index in [0.29, 0.717) is 0 Å². The first-order chi connectivity index (χ1) is 9.06. The third-order valence-corrected chi connectivity index (χ3v) is 5.23. The molecule has 1 unspecified atom stereocenters. The van der Waals surface area contributed by atoms with E-state index < -0.39 is 0 Å². The molecule has 2 rings (SSSR count). The van der Waals surface area contributed by atoms with E-state index in [-0.39, 0.29) is 5.54 Å². The maximum atomic E-state index is 3.73. The molecule has 2 heteroatoms.